The molecule has 0 spiro atoms. The van der Waals surface area contributed by atoms with Crippen molar-refractivity contribution in [1.82, 2.24) is 5.32 Å². The number of nitrogens with one attached hydrogen (secondary N) is 1. The maximum atomic E-state index is 13.6. The lowest BCUT2D eigenvalue weighted by Crippen LogP contribution is -2.34. The number of hydrogen-bond acceptors (Lipinski definition) is 2. The van der Waals surface area contributed by atoms with Crippen LogP contribution in [0, 0.1) is 5.82 Å². The van der Waals surface area contributed by atoms with Crippen molar-refractivity contribution < 1.29 is 19.1 Å². The van der Waals surface area contributed by atoms with Crippen LogP contribution < -0.4 is 5.32 Å². The highest BCUT2D eigenvalue weighted by molar-refractivity contribution is 9.10. The number of carboxylic acid groups (broad SMARTS) is 1. The second-order valence-electron chi connectivity index (χ2n) is 4.28. The van der Waals surface area contributed by atoms with Gasteiger partial charge in [-0.15, -0.1) is 0 Å². The van der Waals surface area contributed by atoms with Gasteiger partial charge < -0.3 is 10.4 Å². The van der Waals surface area contributed by atoms with Gasteiger partial charge in [0.25, 0.3) is 5.91 Å². The van der Waals surface area contributed by atoms with Crippen LogP contribution in [0.4, 0.5) is 4.39 Å². The number of amides is 1. The molecule has 0 aliphatic rings. The molecule has 0 aliphatic carbocycles. The molecule has 2 N–H and O–H groups in total. The van der Waals surface area contributed by atoms with Crippen molar-refractivity contribution in [3.63, 3.8) is 0 Å². The molecule has 0 radical (unpaired) electrons. The van der Waals surface area contributed by atoms with Crippen LogP contribution in [0.3, 0.4) is 0 Å². The summed E-state index contributed by atoms with van der Waals surface area (Å²) in [5.74, 6) is -2.72. The highest BCUT2D eigenvalue weighted by Gasteiger charge is 2.23. The molecule has 1 atom stereocenters. The third kappa shape index (κ3) is 3.66. The van der Waals surface area contributed by atoms with Crippen molar-refractivity contribution in [3.05, 3.63) is 69.9 Å². The number of halogens is 2. The molecule has 0 heterocycles. The standard InChI is InChI=1S/C15H11BrFNO3/c16-10-6-7-12(17)11(8-10)14(19)18-13(15(20)21)9-4-2-1-3-5-9/h1-8,13H,(H,18,19)(H,20,21). The molecule has 2 aromatic carbocycles. The second-order valence-corrected chi connectivity index (χ2v) is 5.20. The monoisotopic (exact) mass is 351 g/mol. The molecule has 1 unspecified atom stereocenters. The van der Waals surface area contributed by atoms with Crippen LogP contribution in [0.5, 0.6) is 0 Å². The van der Waals surface area contributed by atoms with E-state index >= 15 is 0 Å². The van der Waals surface area contributed by atoms with Crippen molar-refractivity contribution >= 4 is 27.8 Å². The molecular weight excluding hydrogens is 341 g/mol. The Labute approximate surface area is 128 Å². The van der Waals surface area contributed by atoms with Crippen molar-refractivity contribution in [2.45, 2.75) is 6.04 Å². The third-order valence-electron chi connectivity index (χ3n) is 2.83. The summed E-state index contributed by atoms with van der Waals surface area (Å²) in [7, 11) is 0. The normalized spacial score (nSPS) is 11.7. The van der Waals surface area contributed by atoms with Crippen LogP contribution in [0.15, 0.2) is 53.0 Å². The summed E-state index contributed by atoms with van der Waals surface area (Å²) >= 11 is 3.14. The Balaban J connectivity index is 2.27. The zero-order chi connectivity index (χ0) is 15.4. The highest BCUT2D eigenvalue weighted by atomic mass is 79.9. The fourth-order valence-corrected chi connectivity index (χ4v) is 2.17. The molecule has 0 aliphatic heterocycles. The Hall–Kier alpha value is -2.21. The zero-order valence-electron chi connectivity index (χ0n) is 10.7. The predicted molar refractivity (Wildman–Crippen MR) is 78.4 cm³/mol. The summed E-state index contributed by atoms with van der Waals surface area (Å²) in [5.41, 5.74) is 0.195. The molecule has 0 bridgehead atoms. The van der Waals surface area contributed by atoms with E-state index in [9.17, 15) is 19.1 Å². The van der Waals surface area contributed by atoms with Crippen LogP contribution in [0.25, 0.3) is 0 Å². The Morgan fingerprint density at radius 3 is 2.43 bits per heavy atom. The van der Waals surface area contributed by atoms with Gasteiger partial charge in [-0.1, -0.05) is 46.3 Å². The van der Waals surface area contributed by atoms with E-state index in [4.69, 9.17) is 0 Å². The second kappa shape index (κ2) is 6.49. The van der Waals surface area contributed by atoms with E-state index in [0.29, 0.717) is 10.0 Å². The SMILES string of the molecule is O=C(NC(C(=O)O)c1ccccc1)c1cc(Br)ccc1F. The maximum Gasteiger partial charge on any atom is 0.330 e. The van der Waals surface area contributed by atoms with Gasteiger partial charge in [-0.3, -0.25) is 4.79 Å². The van der Waals surface area contributed by atoms with Gasteiger partial charge in [0.1, 0.15) is 5.82 Å². The van der Waals surface area contributed by atoms with Gasteiger partial charge in [-0.25, -0.2) is 9.18 Å². The Kier molecular flexibility index (Phi) is 4.70. The van der Waals surface area contributed by atoms with Crippen molar-refractivity contribution in [1.29, 1.82) is 0 Å². The van der Waals surface area contributed by atoms with Gasteiger partial charge in [0.2, 0.25) is 0 Å². The van der Waals surface area contributed by atoms with Crippen LogP contribution >= 0.6 is 15.9 Å². The van der Waals surface area contributed by atoms with Crippen LogP contribution in [-0.2, 0) is 4.79 Å². The van der Waals surface area contributed by atoms with Gasteiger partial charge in [0.15, 0.2) is 6.04 Å². The van der Waals surface area contributed by atoms with Gasteiger partial charge in [0, 0.05) is 4.47 Å². The minimum Gasteiger partial charge on any atom is -0.479 e. The number of benzene rings is 2. The molecule has 0 saturated heterocycles. The van der Waals surface area contributed by atoms with Crippen molar-refractivity contribution in [2.24, 2.45) is 0 Å². The van der Waals surface area contributed by atoms with E-state index in [1.807, 2.05) is 0 Å². The van der Waals surface area contributed by atoms with E-state index < -0.39 is 23.7 Å². The summed E-state index contributed by atoms with van der Waals surface area (Å²) < 4.78 is 14.2. The van der Waals surface area contributed by atoms with E-state index in [1.54, 1.807) is 30.3 Å². The van der Waals surface area contributed by atoms with E-state index in [0.717, 1.165) is 6.07 Å². The Bertz CT molecular complexity index is 676. The average molecular weight is 352 g/mol. The lowest BCUT2D eigenvalue weighted by Gasteiger charge is -2.15. The molecule has 2 rings (SSSR count). The number of carbonyl (C=O) groups is 2. The van der Waals surface area contributed by atoms with E-state index in [2.05, 4.69) is 21.2 Å². The topological polar surface area (TPSA) is 66.4 Å². The third-order valence-corrected chi connectivity index (χ3v) is 3.32. The van der Waals surface area contributed by atoms with Crippen molar-refractivity contribution in [3.8, 4) is 0 Å². The first-order valence-electron chi connectivity index (χ1n) is 6.02. The smallest absolute Gasteiger partial charge is 0.330 e. The summed E-state index contributed by atoms with van der Waals surface area (Å²) in [6.45, 7) is 0. The van der Waals surface area contributed by atoms with Crippen LogP contribution in [0.1, 0.15) is 22.0 Å². The lowest BCUT2D eigenvalue weighted by molar-refractivity contribution is -0.139. The summed E-state index contributed by atoms with van der Waals surface area (Å²) in [6.07, 6.45) is 0. The molecular formula is C15H11BrFNO3. The number of rotatable bonds is 4. The van der Waals surface area contributed by atoms with Gasteiger partial charge in [-0.05, 0) is 23.8 Å². The quantitative estimate of drug-likeness (QED) is 0.889. The summed E-state index contributed by atoms with van der Waals surface area (Å²) in [6, 6.07) is 10.9. The molecule has 2 aromatic rings. The summed E-state index contributed by atoms with van der Waals surface area (Å²) in [5, 5.41) is 11.5. The number of carboxylic acids is 1. The molecule has 0 saturated carbocycles. The first kappa shape index (κ1) is 15.2. The molecule has 0 aromatic heterocycles. The highest BCUT2D eigenvalue weighted by Crippen LogP contribution is 2.18. The Morgan fingerprint density at radius 2 is 1.81 bits per heavy atom. The van der Waals surface area contributed by atoms with E-state index in [-0.39, 0.29) is 5.56 Å². The fraction of sp³-hybridized carbons (Fsp3) is 0.0667. The fourth-order valence-electron chi connectivity index (χ4n) is 1.81. The molecule has 21 heavy (non-hydrogen) atoms. The zero-order valence-corrected chi connectivity index (χ0v) is 12.3. The minimum absolute atomic E-state index is 0.216. The van der Waals surface area contributed by atoms with Gasteiger partial charge in [0.05, 0.1) is 5.56 Å². The van der Waals surface area contributed by atoms with Crippen LogP contribution in [-0.4, -0.2) is 17.0 Å². The number of carbonyl (C=O) groups excluding carboxylic acids is 1. The predicted octanol–water partition coefficient (Wildman–Crippen LogP) is 3.14. The minimum atomic E-state index is -1.24. The largest absolute Gasteiger partial charge is 0.479 e. The summed E-state index contributed by atoms with van der Waals surface area (Å²) in [4.78, 5) is 23.4. The lowest BCUT2D eigenvalue weighted by atomic mass is 10.1. The first-order chi connectivity index (χ1) is 9.99. The maximum absolute atomic E-state index is 13.6. The Morgan fingerprint density at radius 1 is 1.14 bits per heavy atom. The first-order valence-corrected chi connectivity index (χ1v) is 6.82. The molecule has 6 heteroatoms. The van der Waals surface area contributed by atoms with Crippen molar-refractivity contribution in [2.75, 3.05) is 0 Å². The van der Waals surface area contributed by atoms with Gasteiger partial charge >= 0.3 is 5.97 Å². The molecule has 4 nitrogen and oxygen atoms in total. The van der Waals surface area contributed by atoms with Gasteiger partial charge in [-0.2, -0.15) is 0 Å². The number of hydrogen-bond donors (Lipinski definition) is 2. The molecule has 1 amide bonds. The average Bonchev–Trinajstić information content (AvgIpc) is 2.47. The molecule has 108 valence electrons. The molecule has 0 fully saturated rings. The number of aliphatic carboxylic acids is 1. The van der Waals surface area contributed by atoms with E-state index in [1.165, 1.54) is 12.1 Å². The van der Waals surface area contributed by atoms with Crippen LogP contribution in [0.2, 0.25) is 0 Å².